The van der Waals surface area contributed by atoms with Crippen LogP contribution < -0.4 is 10.2 Å². The predicted octanol–water partition coefficient (Wildman–Crippen LogP) is 5.07. The predicted molar refractivity (Wildman–Crippen MR) is 142 cm³/mol. The topological polar surface area (TPSA) is 55.9 Å². The van der Waals surface area contributed by atoms with Gasteiger partial charge in [0.05, 0.1) is 5.69 Å². The first-order valence-corrected chi connectivity index (χ1v) is 13.4. The normalized spacial score (nSPS) is 20.1. The zero-order chi connectivity index (χ0) is 25.8. The molecule has 2 bridgehead atoms. The molecule has 2 aromatic rings. The number of halogens is 1. The molecule has 2 heterocycles. The van der Waals surface area contributed by atoms with Gasteiger partial charge in [-0.1, -0.05) is 44.2 Å². The summed E-state index contributed by atoms with van der Waals surface area (Å²) >= 11 is 0. The highest BCUT2D eigenvalue weighted by Gasteiger charge is 2.48. The number of piperazine rings is 1. The summed E-state index contributed by atoms with van der Waals surface area (Å²) in [6, 6.07) is 15.0. The summed E-state index contributed by atoms with van der Waals surface area (Å²) in [5.74, 6) is -0.318. The molecule has 1 N–H and O–H groups in total. The van der Waals surface area contributed by atoms with Crippen LogP contribution in [-0.4, -0.2) is 59.9 Å². The van der Waals surface area contributed by atoms with Crippen LogP contribution in [0.5, 0.6) is 0 Å². The number of hydrogen-bond acceptors (Lipinski definition) is 4. The number of amides is 2. The Hall–Kier alpha value is -2.93. The van der Waals surface area contributed by atoms with E-state index < -0.39 is 0 Å². The third-order valence-electron chi connectivity index (χ3n) is 7.92. The lowest BCUT2D eigenvalue weighted by molar-refractivity contribution is -0.137. The molecule has 6 nitrogen and oxygen atoms in total. The molecule has 3 unspecified atom stereocenters. The second kappa shape index (κ2) is 11.4. The SMILES string of the molecule is CCC(CC)C(=O)Nc1ccc(N2CC3CC2CN3C(C(=O)N(CC)CC)c2ccccc2)c(F)c1. The number of likely N-dealkylation sites (tertiary alicyclic amines) is 1. The number of carbonyl (C=O) groups excluding carboxylic acids is 2. The number of nitrogens with zero attached hydrogens (tertiary/aromatic N) is 3. The summed E-state index contributed by atoms with van der Waals surface area (Å²) in [7, 11) is 0. The smallest absolute Gasteiger partial charge is 0.244 e. The summed E-state index contributed by atoms with van der Waals surface area (Å²) in [5.41, 5.74) is 2.07. The van der Waals surface area contributed by atoms with Crippen molar-refractivity contribution in [1.29, 1.82) is 0 Å². The van der Waals surface area contributed by atoms with Crippen LogP contribution in [-0.2, 0) is 9.59 Å². The third kappa shape index (κ3) is 5.12. The summed E-state index contributed by atoms with van der Waals surface area (Å²) in [6.45, 7) is 10.7. The number of benzene rings is 2. The van der Waals surface area contributed by atoms with Gasteiger partial charge in [-0.25, -0.2) is 4.39 Å². The second-order valence-electron chi connectivity index (χ2n) is 9.89. The Balaban J connectivity index is 1.50. The lowest BCUT2D eigenvalue weighted by atomic mass is 10.0. The van der Waals surface area contributed by atoms with Crippen molar-refractivity contribution in [3.05, 3.63) is 59.9 Å². The van der Waals surface area contributed by atoms with E-state index in [0.29, 0.717) is 37.6 Å². The number of nitrogens with one attached hydrogen (secondary N) is 1. The molecule has 0 radical (unpaired) electrons. The Morgan fingerprint density at radius 2 is 1.69 bits per heavy atom. The molecule has 4 rings (SSSR count). The fourth-order valence-corrected chi connectivity index (χ4v) is 5.85. The number of likely N-dealkylation sites (N-methyl/N-ethyl adjacent to an activating group) is 1. The number of hydrogen-bond donors (Lipinski definition) is 1. The fraction of sp³-hybridized carbons (Fsp3) is 0.517. The van der Waals surface area contributed by atoms with Gasteiger partial charge in [-0.15, -0.1) is 0 Å². The minimum atomic E-state index is -0.324. The van der Waals surface area contributed by atoms with Crippen LogP contribution in [0.25, 0.3) is 0 Å². The van der Waals surface area contributed by atoms with E-state index in [4.69, 9.17) is 0 Å². The van der Waals surface area contributed by atoms with Gasteiger partial charge in [0.25, 0.3) is 0 Å². The molecule has 0 saturated carbocycles. The summed E-state index contributed by atoms with van der Waals surface area (Å²) < 4.78 is 15.2. The minimum absolute atomic E-state index is 0.0622. The number of carbonyl (C=O) groups is 2. The van der Waals surface area contributed by atoms with Crippen LogP contribution in [0.1, 0.15) is 58.6 Å². The molecule has 0 aromatic heterocycles. The largest absolute Gasteiger partial charge is 0.363 e. The van der Waals surface area contributed by atoms with Crippen molar-refractivity contribution in [2.45, 2.75) is 65.1 Å². The average molecular weight is 495 g/mol. The standard InChI is InChI=1S/C29H39FN4O2/c1-5-20(6-2)28(35)31-22-14-15-26(25(30)16-22)33-18-24-17-23(33)19-34(24)27(21-12-10-9-11-13-21)29(36)32(7-3)8-4/h9-16,20,23-24,27H,5-8,17-19H2,1-4H3,(H,31,35). The van der Waals surface area contributed by atoms with E-state index in [-0.39, 0.29) is 41.7 Å². The Labute approximate surface area is 214 Å². The first-order valence-electron chi connectivity index (χ1n) is 13.4. The average Bonchev–Trinajstić information content (AvgIpc) is 3.48. The molecular formula is C29H39FN4O2. The quantitative estimate of drug-likeness (QED) is 0.501. The molecule has 2 saturated heterocycles. The van der Waals surface area contributed by atoms with Crippen LogP contribution in [0.3, 0.4) is 0 Å². The van der Waals surface area contributed by atoms with E-state index in [1.807, 2.05) is 62.9 Å². The van der Waals surface area contributed by atoms with Gasteiger partial charge in [0.1, 0.15) is 11.9 Å². The van der Waals surface area contributed by atoms with Gasteiger partial charge in [0.2, 0.25) is 11.8 Å². The maximum absolute atomic E-state index is 15.2. The van der Waals surface area contributed by atoms with Crippen molar-refractivity contribution < 1.29 is 14.0 Å². The first kappa shape index (κ1) is 26.1. The van der Waals surface area contributed by atoms with Crippen LogP contribution in [0, 0.1) is 11.7 Å². The molecule has 0 spiro atoms. The Bertz CT molecular complexity index is 1050. The summed E-state index contributed by atoms with van der Waals surface area (Å²) in [4.78, 5) is 32.3. The van der Waals surface area contributed by atoms with Gasteiger partial charge in [-0.05, 0) is 56.9 Å². The molecular weight excluding hydrogens is 455 g/mol. The van der Waals surface area contributed by atoms with E-state index in [0.717, 1.165) is 24.8 Å². The van der Waals surface area contributed by atoms with E-state index in [9.17, 15) is 9.59 Å². The zero-order valence-corrected chi connectivity index (χ0v) is 21.9. The van der Waals surface area contributed by atoms with Gasteiger partial charge in [0.15, 0.2) is 0 Å². The van der Waals surface area contributed by atoms with Gasteiger partial charge in [-0.3, -0.25) is 14.5 Å². The highest BCUT2D eigenvalue weighted by Crippen LogP contribution is 2.41. The summed E-state index contributed by atoms with van der Waals surface area (Å²) in [5, 5.41) is 2.86. The van der Waals surface area contributed by atoms with Gasteiger partial charge >= 0.3 is 0 Å². The van der Waals surface area contributed by atoms with Crippen LogP contribution >= 0.6 is 0 Å². The maximum Gasteiger partial charge on any atom is 0.244 e. The van der Waals surface area contributed by atoms with Crippen molar-refractivity contribution >= 4 is 23.2 Å². The second-order valence-corrected chi connectivity index (χ2v) is 9.89. The van der Waals surface area contributed by atoms with Crippen molar-refractivity contribution in [2.24, 2.45) is 5.92 Å². The van der Waals surface area contributed by atoms with E-state index >= 15 is 4.39 Å². The molecule has 2 fully saturated rings. The van der Waals surface area contributed by atoms with Gasteiger partial charge in [0, 0.05) is 49.9 Å². The van der Waals surface area contributed by atoms with Crippen molar-refractivity contribution in [1.82, 2.24) is 9.80 Å². The molecule has 194 valence electrons. The van der Waals surface area contributed by atoms with Crippen LogP contribution in [0.4, 0.5) is 15.8 Å². The number of anilines is 2. The van der Waals surface area contributed by atoms with E-state index in [2.05, 4.69) is 15.1 Å². The first-order chi connectivity index (χ1) is 17.4. The Morgan fingerprint density at radius 1 is 1.00 bits per heavy atom. The molecule has 2 aliphatic rings. The number of fused-ring (bicyclic) bond motifs is 2. The zero-order valence-electron chi connectivity index (χ0n) is 21.9. The lowest BCUT2D eigenvalue weighted by Crippen LogP contribution is -2.52. The monoisotopic (exact) mass is 494 g/mol. The van der Waals surface area contributed by atoms with Crippen LogP contribution in [0.2, 0.25) is 0 Å². The Morgan fingerprint density at radius 3 is 2.25 bits per heavy atom. The van der Waals surface area contributed by atoms with E-state index in [1.165, 1.54) is 6.07 Å². The van der Waals surface area contributed by atoms with Gasteiger partial charge in [-0.2, -0.15) is 0 Å². The Kier molecular flexibility index (Phi) is 8.29. The van der Waals surface area contributed by atoms with E-state index in [1.54, 1.807) is 12.1 Å². The maximum atomic E-state index is 15.2. The minimum Gasteiger partial charge on any atom is -0.363 e. The molecule has 2 aliphatic heterocycles. The van der Waals surface area contributed by atoms with Crippen molar-refractivity contribution in [2.75, 3.05) is 36.4 Å². The third-order valence-corrected chi connectivity index (χ3v) is 7.92. The highest BCUT2D eigenvalue weighted by atomic mass is 19.1. The molecule has 3 atom stereocenters. The number of rotatable bonds is 10. The molecule has 7 heteroatoms. The lowest BCUT2D eigenvalue weighted by Gasteiger charge is -2.40. The highest BCUT2D eigenvalue weighted by molar-refractivity contribution is 5.92. The molecule has 2 aromatic carbocycles. The fourth-order valence-electron chi connectivity index (χ4n) is 5.85. The summed E-state index contributed by atoms with van der Waals surface area (Å²) in [6.07, 6.45) is 2.43. The molecule has 2 amide bonds. The molecule has 36 heavy (non-hydrogen) atoms. The van der Waals surface area contributed by atoms with Gasteiger partial charge < -0.3 is 15.1 Å². The van der Waals surface area contributed by atoms with Crippen molar-refractivity contribution in [3.63, 3.8) is 0 Å². The van der Waals surface area contributed by atoms with Crippen LogP contribution in [0.15, 0.2) is 48.5 Å². The molecule has 0 aliphatic carbocycles. The van der Waals surface area contributed by atoms with Crippen molar-refractivity contribution in [3.8, 4) is 0 Å².